The van der Waals surface area contributed by atoms with Crippen LogP contribution in [0.5, 0.6) is 5.75 Å². The van der Waals surface area contributed by atoms with Crippen molar-refractivity contribution >= 4 is 0 Å². The van der Waals surface area contributed by atoms with Crippen LogP contribution in [0.15, 0.2) is 30.6 Å². The Labute approximate surface area is 118 Å². The first-order valence-electron chi connectivity index (χ1n) is 6.56. The summed E-state index contributed by atoms with van der Waals surface area (Å²) in [6, 6.07) is 7.43. The van der Waals surface area contributed by atoms with E-state index in [0.29, 0.717) is 6.54 Å². The standard InChI is InChI=1S/C14H20N4O2/c1-18-10-16-17-14(18)7-8-15-9-13(19)11-3-5-12(20-2)6-4-11/h3-6,10,13,15,19H,7-9H2,1-2H3. The summed E-state index contributed by atoms with van der Waals surface area (Å²) in [5.74, 6) is 1.72. The van der Waals surface area contributed by atoms with Crippen LogP contribution in [0.25, 0.3) is 0 Å². The van der Waals surface area contributed by atoms with Crippen LogP contribution in [0.2, 0.25) is 0 Å². The molecule has 1 atom stereocenters. The average molecular weight is 276 g/mol. The summed E-state index contributed by atoms with van der Waals surface area (Å²) in [6.07, 6.45) is 1.94. The van der Waals surface area contributed by atoms with Gasteiger partial charge in [-0.3, -0.25) is 0 Å². The average Bonchev–Trinajstić information content (AvgIpc) is 2.89. The number of rotatable bonds is 7. The molecule has 0 spiro atoms. The molecule has 0 saturated heterocycles. The van der Waals surface area contributed by atoms with E-state index >= 15 is 0 Å². The molecule has 0 aliphatic heterocycles. The normalized spacial score (nSPS) is 12.3. The van der Waals surface area contributed by atoms with E-state index in [2.05, 4.69) is 15.5 Å². The van der Waals surface area contributed by atoms with E-state index in [0.717, 1.165) is 30.1 Å². The van der Waals surface area contributed by atoms with Gasteiger partial charge in [-0.25, -0.2) is 0 Å². The van der Waals surface area contributed by atoms with Crippen LogP contribution in [0.1, 0.15) is 17.5 Å². The highest BCUT2D eigenvalue weighted by Crippen LogP contribution is 2.16. The van der Waals surface area contributed by atoms with Gasteiger partial charge in [-0.2, -0.15) is 0 Å². The van der Waals surface area contributed by atoms with E-state index in [4.69, 9.17) is 4.74 Å². The predicted octanol–water partition coefficient (Wildman–Crippen LogP) is 0.689. The first kappa shape index (κ1) is 14.5. The molecule has 2 rings (SSSR count). The molecule has 0 amide bonds. The Kier molecular flexibility index (Phi) is 5.09. The number of nitrogens with one attached hydrogen (secondary N) is 1. The molecule has 1 unspecified atom stereocenters. The zero-order chi connectivity index (χ0) is 14.4. The van der Waals surface area contributed by atoms with Crippen molar-refractivity contribution in [3.05, 3.63) is 42.0 Å². The Morgan fingerprint density at radius 1 is 1.35 bits per heavy atom. The minimum Gasteiger partial charge on any atom is -0.497 e. The van der Waals surface area contributed by atoms with Crippen LogP contribution in [0.3, 0.4) is 0 Å². The molecule has 0 aliphatic carbocycles. The molecule has 1 heterocycles. The van der Waals surface area contributed by atoms with E-state index in [1.807, 2.05) is 35.9 Å². The number of hydrogen-bond acceptors (Lipinski definition) is 5. The van der Waals surface area contributed by atoms with E-state index < -0.39 is 6.10 Å². The second-order valence-electron chi connectivity index (χ2n) is 4.60. The van der Waals surface area contributed by atoms with Crippen molar-refractivity contribution < 1.29 is 9.84 Å². The Bertz CT molecular complexity index is 524. The van der Waals surface area contributed by atoms with Gasteiger partial charge in [0, 0.05) is 26.6 Å². The third-order valence-electron chi connectivity index (χ3n) is 3.17. The first-order valence-corrected chi connectivity index (χ1v) is 6.56. The predicted molar refractivity (Wildman–Crippen MR) is 75.5 cm³/mol. The molecule has 1 aromatic heterocycles. The summed E-state index contributed by atoms with van der Waals surface area (Å²) < 4.78 is 6.98. The smallest absolute Gasteiger partial charge is 0.133 e. The van der Waals surface area contributed by atoms with E-state index in [-0.39, 0.29) is 0 Å². The Morgan fingerprint density at radius 2 is 2.10 bits per heavy atom. The molecule has 0 aliphatic rings. The van der Waals surface area contributed by atoms with Gasteiger partial charge in [0.2, 0.25) is 0 Å². The molecule has 0 bridgehead atoms. The summed E-state index contributed by atoms with van der Waals surface area (Å²) in [7, 11) is 3.54. The zero-order valence-electron chi connectivity index (χ0n) is 11.8. The highest BCUT2D eigenvalue weighted by molar-refractivity contribution is 5.28. The fourth-order valence-corrected chi connectivity index (χ4v) is 1.92. The van der Waals surface area contributed by atoms with Gasteiger partial charge in [0.1, 0.15) is 17.9 Å². The monoisotopic (exact) mass is 276 g/mol. The Balaban J connectivity index is 1.74. The maximum atomic E-state index is 10.1. The van der Waals surface area contributed by atoms with Crippen LogP contribution in [-0.4, -0.2) is 40.1 Å². The number of methoxy groups -OCH3 is 1. The molecular weight excluding hydrogens is 256 g/mol. The van der Waals surface area contributed by atoms with Gasteiger partial charge in [0.25, 0.3) is 0 Å². The van der Waals surface area contributed by atoms with Crippen molar-refractivity contribution in [1.82, 2.24) is 20.1 Å². The number of benzene rings is 1. The maximum Gasteiger partial charge on any atom is 0.133 e. The lowest BCUT2D eigenvalue weighted by atomic mass is 10.1. The first-order chi connectivity index (χ1) is 9.70. The van der Waals surface area contributed by atoms with Crippen molar-refractivity contribution in [3.63, 3.8) is 0 Å². The lowest BCUT2D eigenvalue weighted by Gasteiger charge is -2.12. The number of hydrogen-bond donors (Lipinski definition) is 2. The minimum atomic E-state index is -0.527. The molecule has 0 saturated carbocycles. The van der Waals surface area contributed by atoms with Gasteiger partial charge in [-0.15, -0.1) is 10.2 Å². The summed E-state index contributed by atoms with van der Waals surface area (Å²) in [5.41, 5.74) is 0.872. The number of ether oxygens (including phenoxy) is 1. The van der Waals surface area contributed by atoms with Gasteiger partial charge >= 0.3 is 0 Å². The van der Waals surface area contributed by atoms with Crippen molar-refractivity contribution in [2.75, 3.05) is 20.2 Å². The van der Waals surface area contributed by atoms with Crippen molar-refractivity contribution in [1.29, 1.82) is 0 Å². The van der Waals surface area contributed by atoms with E-state index in [1.54, 1.807) is 13.4 Å². The molecule has 6 heteroatoms. The molecule has 2 aromatic rings. The number of nitrogens with zero attached hydrogens (tertiary/aromatic N) is 3. The van der Waals surface area contributed by atoms with E-state index in [9.17, 15) is 5.11 Å². The third-order valence-corrected chi connectivity index (χ3v) is 3.17. The Morgan fingerprint density at radius 3 is 2.70 bits per heavy atom. The quantitative estimate of drug-likeness (QED) is 0.728. The maximum absolute atomic E-state index is 10.1. The fourth-order valence-electron chi connectivity index (χ4n) is 1.92. The van der Waals surface area contributed by atoms with E-state index in [1.165, 1.54) is 0 Å². The van der Waals surface area contributed by atoms with Gasteiger partial charge in [-0.1, -0.05) is 12.1 Å². The Hall–Kier alpha value is -1.92. The summed E-state index contributed by atoms with van der Waals surface area (Å²) in [5, 5.41) is 21.1. The lowest BCUT2D eigenvalue weighted by molar-refractivity contribution is 0.175. The molecule has 0 radical (unpaired) electrons. The molecule has 0 fully saturated rings. The molecule has 20 heavy (non-hydrogen) atoms. The largest absolute Gasteiger partial charge is 0.497 e. The number of aliphatic hydroxyl groups is 1. The van der Waals surface area contributed by atoms with Crippen LogP contribution in [-0.2, 0) is 13.5 Å². The SMILES string of the molecule is COc1ccc(C(O)CNCCc2nncn2C)cc1. The van der Waals surface area contributed by atoms with Crippen LogP contribution >= 0.6 is 0 Å². The van der Waals surface area contributed by atoms with Gasteiger partial charge in [0.05, 0.1) is 13.2 Å². The lowest BCUT2D eigenvalue weighted by Crippen LogP contribution is -2.24. The fraction of sp³-hybridized carbons (Fsp3) is 0.429. The van der Waals surface area contributed by atoms with Crippen LogP contribution in [0, 0.1) is 0 Å². The van der Waals surface area contributed by atoms with Gasteiger partial charge in [0.15, 0.2) is 0 Å². The van der Waals surface area contributed by atoms with Gasteiger partial charge in [-0.05, 0) is 17.7 Å². The second kappa shape index (κ2) is 7.02. The number of aliphatic hydroxyl groups excluding tert-OH is 1. The summed E-state index contributed by atoms with van der Waals surface area (Å²) in [6.45, 7) is 1.25. The summed E-state index contributed by atoms with van der Waals surface area (Å²) in [4.78, 5) is 0. The van der Waals surface area contributed by atoms with Crippen LogP contribution < -0.4 is 10.1 Å². The number of aryl methyl sites for hydroxylation is 1. The minimum absolute atomic E-state index is 0.504. The van der Waals surface area contributed by atoms with Crippen molar-refractivity contribution in [3.8, 4) is 5.75 Å². The molecule has 6 nitrogen and oxygen atoms in total. The highest BCUT2D eigenvalue weighted by atomic mass is 16.5. The molecule has 108 valence electrons. The number of aromatic nitrogens is 3. The van der Waals surface area contributed by atoms with Crippen molar-refractivity contribution in [2.45, 2.75) is 12.5 Å². The zero-order valence-corrected chi connectivity index (χ0v) is 11.8. The molecular formula is C14H20N4O2. The topological polar surface area (TPSA) is 72.2 Å². The van der Waals surface area contributed by atoms with Crippen LogP contribution in [0.4, 0.5) is 0 Å². The molecule has 1 aromatic carbocycles. The summed E-state index contributed by atoms with van der Waals surface area (Å²) >= 11 is 0. The highest BCUT2D eigenvalue weighted by Gasteiger charge is 2.07. The third kappa shape index (κ3) is 3.79. The second-order valence-corrected chi connectivity index (χ2v) is 4.60. The van der Waals surface area contributed by atoms with Gasteiger partial charge < -0.3 is 19.7 Å². The van der Waals surface area contributed by atoms with Crippen molar-refractivity contribution in [2.24, 2.45) is 7.05 Å². The molecule has 2 N–H and O–H groups in total.